The van der Waals surface area contributed by atoms with Gasteiger partial charge >= 0.3 is 0 Å². The third kappa shape index (κ3) is 8.36. The van der Waals surface area contributed by atoms with Crippen molar-refractivity contribution in [3.05, 3.63) is 90.0 Å². The van der Waals surface area contributed by atoms with Gasteiger partial charge in [0.15, 0.2) is 5.96 Å². The second-order valence-electron chi connectivity index (χ2n) is 7.55. The van der Waals surface area contributed by atoms with Gasteiger partial charge in [-0.3, -0.25) is 4.99 Å². The van der Waals surface area contributed by atoms with Crippen molar-refractivity contribution in [1.82, 2.24) is 20.2 Å². The predicted molar refractivity (Wildman–Crippen MR) is 140 cm³/mol. The number of unbranched alkanes of at least 4 members (excludes halogenated alkanes) is 1. The summed E-state index contributed by atoms with van der Waals surface area (Å²) < 4.78 is 2.20. The van der Waals surface area contributed by atoms with Crippen molar-refractivity contribution in [1.29, 1.82) is 0 Å². The number of imidazole rings is 1. The molecule has 166 valence electrons. The number of nitrogens with one attached hydrogen (secondary N) is 2. The highest BCUT2D eigenvalue weighted by molar-refractivity contribution is 14.0. The summed E-state index contributed by atoms with van der Waals surface area (Å²) in [6.45, 7) is 4.80. The van der Waals surface area contributed by atoms with E-state index in [1.807, 2.05) is 26.4 Å². The van der Waals surface area contributed by atoms with E-state index in [0.717, 1.165) is 50.7 Å². The summed E-state index contributed by atoms with van der Waals surface area (Å²) >= 11 is 0. The van der Waals surface area contributed by atoms with E-state index in [1.54, 1.807) is 0 Å². The summed E-state index contributed by atoms with van der Waals surface area (Å²) in [4.78, 5) is 8.67. The second-order valence-corrected chi connectivity index (χ2v) is 7.55. The molecule has 3 aromatic rings. The molecule has 3 rings (SSSR count). The molecule has 1 heterocycles. The molecule has 0 bridgehead atoms. The van der Waals surface area contributed by atoms with Gasteiger partial charge in [0.05, 0.1) is 0 Å². The van der Waals surface area contributed by atoms with Crippen LogP contribution in [-0.4, -0.2) is 35.6 Å². The van der Waals surface area contributed by atoms with Crippen LogP contribution in [0.2, 0.25) is 0 Å². The maximum absolute atomic E-state index is 4.40. The quantitative estimate of drug-likeness (QED) is 0.171. The van der Waals surface area contributed by atoms with Crippen LogP contribution in [0.3, 0.4) is 0 Å². The topological polar surface area (TPSA) is 54.2 Å². The molecule has 0 fully saturated rings. The zero-order chi connectivity index (χ0) is 21.0. The molecule has 31 heavy (non-hydrogen) atoms. The molecular formula is C25H34IN5. The fourth-order valence-electron chi connectivity index (χ4n) is 3.63. The molecule has 1 aromatic heterocycles. The average Bonchev–Trinajstić information content (AvgIpc) is 3.20. The van der Waals surface area contributed by atoms with E-state index in [0.29, 0.717) is 5.92 Å². The molecule has 0 aliphatic carbocycles. The first-order chi connectivity index (χ1) is 14.8. The van der Waals surface area contributed by atoms with E-state index in [2.05, 4.69) is 85.8 Å². The van der Waals surface area contributed by atoms with E-state index in [4.69, 9.17) is 0 Å². The van der Waals surface area contributed by atoms with Crippen LogP contribution in [0.15, 0.2) is 78.0 Å². The Morgan fingerprint density at radius 1 is 1.00 bits per heavy atom. The average molecular weight is 531 g/mol. The standard InChI is InChI=1S/C25H33N5.HI/c1-21-27-16-18-30(21)17-10-9-15-28-25(26-2)29-20-24(23-13-7-4-8-14-23)19-22-11-5-3-6-12-22;/h3-8,11-14,16,18,24H,9-10,15,17,19-20H2,1-2H3,(H2,26,28,29);1H. The van der Waals surface area contributed by atoms with E-state index >= 15 is 0 Å². The van der Waals surface area contributed by atoms with Crippen LogP contribution in [0.25, 0.3) is 0 Å². The molecular weight excluding hydrogens is 497 g/mol. The van der Waals surface area contributed by atoms with Gasteiger partial charge in [-0.05, 0) is 37.3 Å². The Morgan fingerprint density at radius 2 is 1.71 bits per heavy atom. The van der Waals surface area contributed by atoms with Gasteiger partial charge in [0, 0.05) is 45.0 Å². The van der Waals surface area contributed by atoms with Gasteiger partial charge in [-0.25, -0.2) is 4.98 Å². The number of hydrogen-bond acceptors (Lipinski definition) is 2. The number of nitrogens with zero attached hydrogens (tertiary/aromatic N) is 3. The van der Waals surface area contributed by atoms with E-state index < -0.39 is 0 Å². The van der Waals surface area contributed by atoms with E-state index in [1.165, 1.54) is 11.1 Å². The molecule has 2 N–H and O–H groups in total. The number of rotatable bonds is 10. The van der Waals surface area contributed by atoms with Gasteiger partial charge in [-0.15, -0.1) is 24.0 Å². The Hall–Kier alpha value is -2.35. The Balaban J connectivity index is 0.00000341. The number of aromatic nitrogens is 2. The number of benzene rings is 2. The van der Waals surface area contributed by atoms with Crippen LogP contribution in [0.4, 0.5) is 0 Å². The van der Waals surface area contributed by atoms with Gasteiger partial charge < -0.3 is 15.2 Å². The summed E-state index contributed by atoms with van der Waals surface area (Å²) in [6, 6.07) is 21.4. The van der Waals surface area contributed by atoms with Crippen molar-refractivity contribution in [3.8, 4) is 0 Å². The smallest absolute Gasteiger partial charge is 0.190 e. The van der Waals surface area contributed by atoms with Crippen LogP contribution in [0.1, 0.15) is 35.7 Å². The molecule has 0 saturated heterocycles. The van der Waals surface area contributed by atoms with Crippen LogP contribution >= 0.6 is 24.0 Å². The largest absolute Gasteiger partial charge is 0.356 e. The number of aliphatic imine (C=N–C) groups is 1. The van der Waals surface area contributed by atoms with E-state index in [9.17, 15) is 0 Å². The molecule has 1 atom stereocenters. The lowest BCUT2D eigenvalue weighted by atomic mass is 9.92. The van der Waals surface area contributed by atoms with Gasteiger partial charge in [-0.2, -0.15) is 0 Å². The summed E-state index contributed by atoms with van der Waals surface area (Å²) in [6.07, 6.45) is 7.10. The Kier molecular flexibility index (Phi) is 11.1. The fourth-order valence-corrected chi connectivity index (χ4v) is 3.63. The summed E-state index contributed by atoms with van der Waals surface area (Å²) in [7, 11) is 1.83. The molecule has 0 spiro atoms. The van der Waals surface area contributed by atoms with Crippen molar-refractivity contribution in [3.63, 3.8) is 0 Å². The lowest BCUT2D eigenvalue weighted by molar-refractivity contribution is 0.585. The molecule has 0 radical (unpaired) electrons. The number of guanidine groups is 1. The molecule has 0 amide bonds. The third-order valence-corrected chi connectivity index (χ3v) is 5.38. The Bertz CT molecular complexity index is 893. The molecule has 0 saturated carbocycles. The summed E-state index contributed by atoms with van der Waals surface area (Å²) in [5, 5.41) is 6.97. The third-order valence-electron chi connectivity index (χ3n) is 5.38. The molecule has 0 aliphatic rings. The number of aryl methyl sites for hydroxylation is 2. The van der Waals surface area contributed by atoms with Gasteiger partial charge in [-0.1, -0.05) is 60.7 Å². The van der Waals surface area contributed by atoms with Crippen LogP contribution in [-0.2, 0) is 13.0 Å². The molecule has 1 unspecified atom stereocenters. The maximum Gasteiger partial charge on any atom is 0.190 e. The zero-order valence-electron chi connectivity index (χ0n) is 18.5. The van der Waals surface area contributed by atoms with Crippen molar-refractivity contribution >= 4 is 29.9 Å². The lowest BCUT2D eigenvalue weighted by Crippen LogP contribution is -2.40. The normalized spacial score (nSPS) is 12.1. The van der Waals surface area contributed by atoms with Gasteiger partial charge in [0.2, 0.25) is 0 Å². The lowest BCUT2D eigenvalue weighted by Gasteiger charge is -2.20. The molecule has 5 nitrogen and oxygen atoms in total. The molecule has 0 aliphatic heterocycles. The first-order valence-electron chi connectivity index (χ1n) is 10.8. The molecule has 6 heteroatoms. The maximum atomic E-state index is 4.40. The van der Waals surface area contributed by atoms with Crippen molar-refractivity contribution in [2.75, 3.05) is 20.1 Å². The van der Waals surface area contributed by atoms with Crippen molar-refractivity contribution < 1.29 is 0 Å². The number of halogens is 1. The second kappa shape index (κ2) is 13.9. The SMILES string of the molecule is CN=C(NCCCCn1ccnc1C)NCC(Cc1ccccc1)c1ccccc1.I. The molecule has 2 aromatic carbocycles. The van der Waals surface area contributed by atoms with Crippen LogP contribution in [0.5, 0.6) is 0 Å². The monoisotopic (exact) mass is 531 g/mol. The minimum Gasteiger partial charge on any atom is -0.356 e. The highest BCUT2D eigenvalue weighted by Gasteiger charge is 2.13. The highest BCUT2D eigenvalue weighted by Crippen LogP contribution is 2.20. The number of hydrogen-bond donors (Lipinski definition) is 2. The van der Waals surface area contributed by atoms with Crippen LogP contribution in [0, 0.1) is 6.92 Å². The van der Waals surface area contributed by atoms with Crippen molar-refractivity contribution in [2.24, 2.45) is 4.99 Å². The van der Waals surface area contributed by atoms with Crippen LogP contribution < -0.4 is 10.6 Å². The zero-order valence-corrected chi connectivity index (χ0v) is 20.8. The fraction of sp³-hybridized carbons (Fsp3) is 0.360. The minimum atomic E-state index is 0. The van der Waals surface area contributed by atoms with Gasteiger partial charge in [0.1, 0.15) is 5.82 Å². The van der Waals surface area contributed by atoms with E-state index in [-0.39, 0.29) is 24.0 Å². The Labute approximate surface area is 203 Å². The summed E-state index contributed by atoms with van der Waals surface area (Å²) in [5.74, 6) is 2.32. The van der Waals surface area contributed by atoms with Crippen molar-refractivity contribution in [2.45, 2.75) is 38.6 Å². The predicted octanol–water partition coefficient (Wildman–Crippen LogP) is 4.78. The summed E-state index contributed by atoms with van der Waals surface area (Å²) in [5.41, 5.74) is 2.70. The first-order valence-corrected chi connectivity index (χ1v) is 10.8. The minimum absolute atomic E-state index is 0. The highest BCUT2D eigenvalue weighted by atomic mass is 127. The van der Waals surface area contributed by atoms with Gasteiger partial charge in [0.25, 0.3) is 0 Å². The first kappa shape index (κ1) is 24.9. The Morgan fingerprint density at radius 3 is 2.35 bits per heavy atom.